The highest BCUT2D eigenvalue weighted by Crippen LogP contribution is 2.23. The molecule has 3 aromatic carbocycles. The zero-order chi connectivity index (χ0) is 21.2. The summed E-state index contributed by atoms with van der Waals surface area (Å²) < 4.78 is 0. The smallest absolute Gasteiger partial charge is 0.164 e. The zero-order valence-electron chi connectivity index (χ0n) is 17.9. The monoisotopic (exact) mass is 397 g/mol. The second-order valence-corrected chi connectivity index (χ2v) is 7.71. The van der Waals surface area contributed by atoms with Crippen LogP contribution in [0.1, 0.15) is 55.3 Å². The Morgan fingerprint density at radius 1 is 0.833 bits per heavy atom. The molecule has 0 saturated carbocycles. The van der Waals surface area contributed by atoms with Crippen molar-refractivity contribution in [3.63, 3.8) is 0 Å². The van der Waals surface area contributed by atoms with Crippen molar-refractivity contribution >= 4 is 5.78 Å². The van der Waals surface area contributed by atoms with Crippen molar-refractivity contribution < 1.29 is 4.79 Å². The standard InChI is InChI=1S/C28H31NO/c1-3-27(25-17-11-6-12-18-25)28(30)21-26(20-19-23-13-7-4-8-14-23)29-22(2)24-15-9-5-10-16-24/h4-18,21-22,27,29H,3,19-20H2,1-2H3/b26-21-/t22-,27?/m1/s1. The Balaban J connectivity index is 1.80. The van der Waals surface area contributed by atoms with Gasteiger partial charge in [0.1, 0.15) is 0 Å². The summed E-state index contributed by atoms with van der Waals surface area (Å²) in [6.07, 6.45) is 4.33. The third-order valence-electron chi connectivity index (χ3n) is 5.50. The lowest BCUT2D eigenvalue weighted by Gasteiger charge is -2.20. The van der Waals surface area contributed by atoms with Gasteiger partial charge >= 0.3 is 0 Å². The molecule has 30 heavy (non-hydrogen) atoms. The van der Waals surface area contributed by atoms with Gasteiger partial charge in [-0.3, -0.25) is 4.79 Å². The summed E-state index contributed by atoms with van der Waals surface area (Å²) >= 11 is 0. The van der Waals surface area contributed by atoms with Crippen molar-refractivity contribution in [2.45, 2.75) is 45.1 Å². The van der Waals surface area contributed by atoms with Gasteiger partial charge < -0.3 is 5.32 Å². The maximum absolute atomic E-state index is 13.2. The summed E-state index contributed by atoms with van der Waals surface area (Å²) in [5, 5.41) is 3.61. The van der Waals surface area contributed by atoms with E-state index in [1.54, 1.807) is 0 Å². The molecule has 2 nitrogen and oxygen atoms in total. The molecule has 0 aliphatic carbocycles. The van der Waals surface area contributed by atoms with Crippen molar-refractivity contribution in [1.29, 1.82) is 0 Å². The predicted octanol–water partition coefficient (Wildman–Crippen LogP) is 6.62. The number of benzene rings is 3. The third kappa shape index (κ3) is 6.18. The van der Waals surface area contributed by atoms with E-state index in [1.165, 1.54) is 11.1 Å². The highest BCUT2D eigenvalue weighted by Gasteiger charge is 2.18. The van der Waals surface area contributed by atoms with Crippen LogP contribution in [0.3, 0.4) is 0 Å². The van der Waals surface area contributed by atoms with Crippen LogP contribution in [0.25, 0.3) is 0 Å². The molecule has 3 rings (SSSR count). The Hall–Kier alpha value is -3.13. The molecule has 0 aliphatic heterocycles. The van der Waals surface area contributed by atoms with E-state index >= 15 is 0 Å². The van der Waals surface area contributed by atoms with Crippen molar-refractivity contribution in [2.75, 3.05) is 0 Å². The number of aryl methyl sites for hydroxylation is 1. The fraction of sp³-hybridized carbons (Fsp3) is 0.250. The quantitative estimate of drug-likeness (QED) is 0.390. The Bertz CT molecular complexity index is 932. The normalized spacial score (nSPS) is 13.5. The van der Waals surface area contributed by atoms with Gasteiger partial charge in [0, 0.05) is 23.7 Å². The van der Waals surface area contributed by atoms with Crippen LogP contribution in [0.5, 0.6) is 0 Å². The number of carbonyl (C=O) groups is 1. The summed E-state index contributed by atoms with van der Waals surface area (Å²) in [6, 6.07) is 31.0. The molecule has 0 heterocycles. The van der Waals surface area contributed by atoms with Gasteiger partial charge in [0.2, 0.25) is 0 Å². The Morgan fingerprint density at radius 3 is 1.93 bits per heavy atom. The molecule has 0 bridgehead atoms. The lowest BCUT2D eigenvalue weighted by atomic mass is 9.91. The molecule has 2 heteroatoms. The van der Waals surface area contributed by atoms with E-state index in [4.69, 9.17) is 0 Å². The molecule has 0 aromatic heterocycles. The van der Waals surface area contributed by atoms with Gasteiger partial charge in [-0.2, -0.15) is 0 Å². The number of rotatable bonds is 10. The molecule has 2 atom stereocenters. The lowest BCUT2D eigenvalue weighted by Crippen LogP contribution is -2.21. The molecule has 3 aromatic rings. The topological polar surface area (TPSA) is 29.1 Å². The van der Waals surface area contributed by atoms with Crippen molar-refractivity contribution in [2.24, 2.45) is 0 Å². The van der Waals surface area contributed by atoms with E-state index in [9.17, 15) is 4.79 Å². The third-order valence-corrected chi connectivity index (χ3v) is 5.50. The largest absolute Gasteiger partial charge is 0.382 e. The van der Waals surface area contributed by atoms with E-state index in [1.807, 2.05) is 48.5 Å². The molecule has 0 aliphatic rings. The maximum atomic E-state index is 13.2. The summed E-state index contributed by atoms with van der Waals surface area (Å²) in [5.41, 5.74) is 4.57. The van der Waals surface area contributed by atoms with Crippen LogP contribution in [-0.2, 0) is 11.2 Å². The molecule has 0 saturated heterocycles. The Kier molecular flexibility index (Phi) is 8.02. The molecule has 0 spiro atoms. The van der Waals surface area contributed by atoms with E-state index < -0.39 is 0 Å². The molecular weight excluding hydrogens is 366 g/mol. The first-order valence-electron chi connectivity index (χ1n) is 10.8. The van der Waals surface area contributed by atoms with E-state index in [0.29, 0.717) is 0 Å². The molecule has 0 radical (unpaired) electrons. The van der Waals surface area contributed by atoms with Crippen molar-refractivity contribution in [3.8, 4) is 0 Å². The Morgan fingerprint density at radius 2 is 1.37 bits per heavy atom. The predicted molar refractivity (Wildman–Crippen MR) is 125 cm³/mol. The summed E-state index contributed by atoms with van der Waals surface area (Å²) in [7, 11) is 0. The highest BCUT2D eigenvalue weighted by molar-refractivity contribution is 5.95. The summed E-state index contributed by atoms with van der Waals surface area (Å²) in [6.45, 7) is 4.22. The molecule has 154 valence electrons. The summed E-state index contributed by atoms with van der Waals surface area (Å²) in [4.78, 5) is 13.2. The van der Waals surface area contributed by atoms with Crippen LogP contribution >= 0.6 is 0 Å². The molecule has 1 unspecified atom stereocenters. The first-order valence-corrected chi connectivity index (χ1v) is 10.8. The van der Waals surface area contributed by atoms with Crippen LogP contribution in [0, 0.1) is 0 Å². The minimum absolute atomic E-state index is 0.105. The zero-order valence-corrected chi connectivity index (χ0v) is 17.9. The molecular formula is C28H31NO. The van der Waals surface area contributed by atoms with E-state index in [0.717, 1.165) is 30.5 Å². The minimum atomic E-state index is -0.105. The van der Waals surface area contributed by atoms with Gasteiger partial charge in [0.15, 0.2) is 5.78 Å². The van der Waals surface area contributed by atoms with Crippen LogP contribution in [0.15, 0.2) is 103 Å². The van der Waals surface area contributed by atoms with Crippen molar-refractivity contribution in [3.05, 3.63) is 119 Å². The van der Waals surface area contributed by atoms with Crippen LogP contribution in [-0.4, -0.2) is 5.78 Å². The van der Waals surface area contributed by atoms with Gasteiger partial charge in [-0.05, 0) is 42.9 Å². The number of allylic oxidation sites excluding steroid dienone is 2. The summed E-state index contributed by atoms with van der Waals surface area (Å²) in [5.74, 6) is 0.0614. The van der Waals surface area contributed by atoms with Gasteiger partial charge in [0.05, 0.1) is 0 Å². The number of nitrogens with one attached hydrogen (secondary N) is 1. The second kappa shape index (κ2) is 11.2. The van der Waals surface area contributed by atoms with Crippen LogP contribution in [0.4, 0.5) is 0 Å². The van der Waals surface area contributed by atoms with Crippen molar-refractivity contribution in [1.82, 2.24) is 5.32 Å². The van der Waals surface area contributed by atoms with Gasteiger partial charge in [0.25, 0.3) is 0 Å². The highest BCUT2D eigenvalue weighted by atomic mass is 16.1. The molecule has 1 N–H and O–H groups in total. The fourth-order valence-electron chi connectivity index (χ4n) is 3.77. The molecule has 0 fully saturated rings. The minimum Gasteiger partial charge on any atom is -0.382 e. The second-order valence-electron chi connectivity index (χ2n) is 7.71. The SMILES string of the molecule is CCC(C(=O)/C=C(/CCc1ccccc1)N[C@H](C)c1ccccc1)c1ccccc1. The van der Waals surface area contributed by atoms with Gasteiger partial charge in [-0.15, -0.1) is 0 Å². The average Bonchev–Trinajstić information content (AvgIpc) is 2.80. The van der Waals surface area contributed by atoms with Gasteiger partial charge in [-0.1, -0.05) is 97.9 Å². The number of hydrogen-bond acceptors (Lipinski definition) is 2. The number of ketones is 1. The van der Waals surface area contributed by atoms with Crippen LogP contribution in [0.2, 0.25) is 0 Å². The lowest BCUT2D eigenvalue weighted by molar-refractivity contribution is -0.116. The number of carbonyl (C=O) groups excluding carboxylic acids is 1. The van der Waals surface area contributed by atoms with E-state index in [2.05, 4.69) is 67.7 Å². The average molecular weight is 398 g/mol. The number of hydrogen-bond donors (Lipinski definition) is 1. The Labute approximate surface area is 180 Å². The van der Waals surface area contributed by atoms with E-state index in [-0.39, 0.29) is 17.7 Å². The maximum Gasteiger partial charge on any atom is 0.164 e. The first-order chi connectivity index (χ1) is 14.7. The van der Waals surface area contributed by atoms with Crippen LogP contribution < -0.4 is 5.32 Å². The first kappa shape index (κ1) is 21.6. The fourth-order valence-corrected chi connectivity index (χ4v) is 3.77. The van der Waals surface area contributed by atoms with Gasteiger partial charge in [-0.25, -0.2) is 0 Å². The molecule has 0 amide bonds.